The first-order chi connectivity index (χ1) is 16.3. The number of nitrogens with one attached hydrogen (secondary N) is 3. The van der Waals surface area contributed by atoms with Crippen molar-refractivity contribution in [2.45, 2.75) is 19.0 Å². The summed E-state index contributed by atoms with van der Waals surface area (Å²) < 4.78 is 57.9. The van der Waals surface area contributed by atoms with Crippen molar-refractivity contribution in [1.29, 1.82) is 0 Å². The number of carbonyl (C=O) groups is 1. The van der Waals surface area contributed by atoms with Gasteiger partial charge in [0.05, 0.1) is 23.8 Å². The van der Waals surface area contributed by atoms with E-state index in [0.717, 1.165) is 12.1 Å². The van der Waals surface area contributed by atoms with Crippen molar-refractivity contribution in [3.05, 3.63) is 72.1 Å². The molecule has 0 aliphatic heterocycles. The molecule has 0 saturated carbocycles. The van der Waals surface area contributed by atoms with Gasteiger partial charge < -0.3 is 15.4 Å². The van der Waals surface area contributed by atoms with Crippen LogP contribution in [0.5, 0.6) is 11.5 Å². The number of aromatic amines is 1. The molecule has 7 nitrogen and oxygen atoms in total. The number of H-pyrrole nitrogens is 1. The summed E-state index contributed by atoms with van der Waals surface area (Å²) >= 11 is 0. The van der Waals surface area contributed by atoms with Crippen molar-refractivity contribution in [2.24, 2.45) is 0 Å². The van der Waals surface area contributed by atoms with Crippen LogP contribution in [-0.2, 0) is 12.6 Å². The number of fused-ring (bicyclic) bond motifs is 1. The number of ether oxygens (including phenoxy) is 1. The number of aryl methyl sites for hydroxylation is 1. The minimum atomic E-state index is -4.59. The van der Waals surface area contributed by atoms with Gasteiger partial charge in [0.25, 0.3) is 0 Å². The van der Waals surface area contributed by atoms with E-state index >= 15 is 0 Å². The number of rotatable bonds is 7. The molecular weight excluding hydrogens is 454 g/mol. The third-order valence-electron chi connectivity index (χ3n) is 4.83. The van der Waals surface area contributed by atoms with Gasteiger partial charge in [0.1, 0.15) is 11.5 Å². The van der Waals surface area contributed by atoms with E-state index in [4.69, 9.17) is 4.74 Å². The molecule has 176 valence electrons. The van der Waals surface area contributed by atoms with Crippen LogP contribution in [0.3, 0.4) is 0 Å². The van der Waals surface area contributed by atoms with Crippen molar-refractivity contribution < 1.29 is 27.1 Å². The zero-order chi connectivity index (χ0) is 24.1. The summed E-state index contributed by atoms with van der Waals surface area (Å²) in [6, 6.07) is 10.6. The molecule has 0 radical (unpaired) electrons. The van der Waals surface area contributed by atoms with Crippen molar-refractivity contribution >= 4 is 28.4 Å². The summed E-state index contributed by atoms with van der Waals surface area (Å²) in [6.45, 7) is -0.646. The predicted octanol–water partition coefficient (Wildman–Crippen LogP) is 6.32. The maximum Gasteiger partial charge on any atom is 0.416 e. The molecular formula is C23H19F4N5O2. The first-order valence-electron chi connectivity index (χ1n) is 10.2. The number of aromatic nitrogens is 3. The fraction of sp³-hybridized carbons (Fsp3) is 0.174. The highest BCUT2D eigenvalue weighted by Crippen LogP contribution is 2.32. The Morgan fingerprint density at radius 1 is 1.03 bits per heavy atom. The second-order valence-electron chi connectivity index (χ2n) is 7.36. The zero-order valence-corrected chi connectivity index (χ0v) is 17.6. The molecule has 0 spiro atoms. The maximum absolute atomic E-state index is 13.2. The molecule has 2 amide bonds. The van der Waals surface area contributed by atoms with Gasteiger partial charge in [0, 0.05) is 17.6 Å². The predicted molar refractivity (Wildman–Crippen MR) is 119 cm³/mol. The molecule has 0 atom stereocenters. The molecule has 0 fully saturated rings. The third-order valence-corrected chi connectivity index (χ3v) is 4.83. The molecule has 4 rings (SSSR count). The molecule has 3 N–H and O–H groups in total. The standard InChI is InChI=1S/C23H19F4N5O2/c24-8-1-2-14-10-15(23(25,26)27)12-17(11-14)31-22(33)30-16-3-5-18(6-4-16)34-20-7-9-28-21-19(20)13-29-32-21/h3-7,9-13H,1-2,8H2,(H,28,29,32)(H2,30,31,33). The number of carbonyl (C=O) groups excluding carboxylic acids is 1. The SMILES string of the molecule is O=C(Nc1ccc(Oc2ccnc3[nH]ncc23)cc1)Nc1cc(CCCF)cc(C(F)(F)F)c1. The summed E-state index contributed by atoms with van der Waals surface area (Å²) in [5, 5.41) is 12.3. The largest absolute Gasteiger partial charge is 0.456 e. The van der Waals surface area contributed by atoms with Gasteiger partial charge in [-0.1, -0.05) is 0 Å². The molecule has 4 aromatic rings. The lowest BCUT2D eigenvalue weighted by molar-refractivity contribution is -0.137. The molecule has 11 heteroatoms. The molecule has 2 heterocycles. The zero-order valence-electron chi connectivity index (χ0n) is 17.6. The Bertz CT molecular complexity index is 1290. The number of nitrogens with zero attached hydrogens (tertiary/aromatic N) is 2. The van der Waals surface area contributed by atoms with Crippen LogP contribution < -0.4 is 15.4 Å². The minimum absolute atomic E-state index is 0.0389. The summed E-state index contributed by atoms with van der Waals surface area (Å²) in [6.07, 6.45) is -1.21. The van der Waals surface area contributed by atoms with Crippen LogP contribution in [0.25, 0.3) is 11.0 Å². The van der Waals surface area contributed by atoms with E-state index in [1.165, 1.54) is 6.07 Å². The number of halogens is 4. The highest BCUT2D eigenvalue weighted by Gasteiger charge is 2.31. The second-order valence-corrected chi connectivity index (χ2v) is 7.36. The summed E-state index contributed by atoms with van der Waals surface area (Å²) in [5.74, 6) is 1.04. The summed E-state index contributed by atoms with van der Waals surface area (Å²) in [5.41, 5.74) is 0.311. The number of hydrogen-bond acceptors (Lipinski definition) is 4. The van der Waals surface area contributed by atoms with Crippen LogP contribution >= 0.6 is 0 Å². The monoisotopic (exact) mass is 473 g/mol. The molecule has 0 aliphatic rings. The van der Waals surface area contributed by atoms with E-state index in [9.17, 15) is 22.4 Å². The van der Waals surface area contributed by atoms with Gasteiger partial charge in [-0.3, -0.25) is 9.49 Å². The molecule has 0 unspecified atom stereocenters. The third kappa shape index (κ3) is 5.61. The van der Waals surface area contributed by atoms with Crippen molar-refractivity contribution in [3.8, 4) is 11.5 Å². The summed E-state index contributed by atoms with van der Waals surface area (Å²) in [7, 11) is 0. The molecule has 0 bridgehead atoms. The maximum atomic E-state index is 13.2. The van der Waals surface area contributed by atoms with Crippen LogP contribution in [0, 0.1) is 0 Å². The van der Waals surface area contributed by atoms with E-state index < -0.39 is 24.4 Å². The number of anilines is 2. The van der Waals surface area contributed by atoms with Gasteiger partial charge in [-0.15, -0.1) is 0 Å². The van der Waals surface area contributed by atoms with Crippen LogP contribution in [0.2, 0.25) is 0 Å². The van der Waals surface area contributed by atoms with E-state index in [1.54, 1.807) is 42.7 Å². The van der Waals surface area contributed by atoms with E-state index in [-0.39, 0.29) is 24.1 Å². The molecule has 0 aliphatic carbocycles. The van der Waals surface area contributed by atoms with E-state index in [1.807, 2.05) is 0 Å². The van der Waals surface area contributed by atoms with E-state index in [2.05, 4.69) is 25.8 Å². The fourth-order valence-electron chi connectivity index (χ4n) is 3.29. The Morgan fingerprint density at radius 3 is 2.53 bits per heavy atom. The minimum Gasteiger partial charge on any atom is -0.456 e. The topological polar surface area (TPSA) is 91.9 Å². The lowest BCUT2D eigenvalue weighted by atomic mass is 10.0. The molecule has 34 heavy (non-hydrogen) atoms. The number of alkyl halides is 4. The van der Waals surface area contributed by atoms with Crippen LogP contribution in [-0.4, -0.2) is 27.9 Å². The van der Waals surface area contributed by atoms with Gasteiger partial charge in [-0.2, -0.15) is 18.3 Å². The van der Waals surface area contributed by atoms with Crippen molar-refractivity contribution in [2.75, 3.05) is 17.3 Å². The number of hydrogen-bond donors (Lipinski definition) is 3. The van der Waals surface area contributed by atoms with E-state index in [0.29, 0.717) is 28.2 Å². The van der Waals surface area contributed by atoms with Crippen molar-refractivity contribution in [1.82, 2.24) is 15.2 Å². The molecule has 2 aromatic carbocycles. The highest BCUT2D eigenvalue weighted by atomic mass is 19.4. The number of amides is 2. The highest BCUT2D eigenvalue weighted by molar-refractivity contribution is 5.99. The Kier molecular flexibility index (Phi) is 6.62. The van der Waals surface area contributed by atoms with Crippen molar-refractivity contribution in [3.63, 3.8) is 0 Å². The van der Waals surface area contributed by atoms with Crippen LogP contribution in [0.15, 0.2) is 60.9 Å². The molecule has 0 saturated heterocycles. The smallest absolute Gasteiger partial charge is 0.416 e. The van der Waals surface area contributed by atoms with Gasteiger partial charge in [-0.25, -0.2) is 9.78 Å². The molecule has 2 aromatic heterocycles. The van der Waals surface area contributed by atoms with Gasteiger partial charge in [0.2, 0.25) is 0 Å². The van der Waals surface area contributed by atoms with Crippen LogP contribution in [0.4, 0.5) is 33.7 Å². The average molecular weight is 473 g/mol. The summed E-state index contributed by atoms with van der Waals surface area (Å²) in [4.78, 5) is 16.5. The lowest BCUT2D eigenvalue weighted by Gasteiger charge is -2.14. The Balaban J connectivity index is 1.42. The average Bonchev–Trinajstić information content (AvgIpc) is 3.28. The van der Waals surface area contributed by atoms with Gasteiger partial charge >= 0.3 is 12.2 Å². The first kappa shape index (κ1) is 23.0. The number of benzene rings is 2. The normalized spacial score (nSPS) is 11.4. The first-order valence-corrected chi connectivity index (χ1v) is 10.2. The fourth-order valence-corrected chi connectivity index (χ4v) is 3.29. The second kappa shape index (κ2) is 9.77. The Morgan fingerprint density at radius 2 is 1.79 bits per heavy atom. The Labute approximate surface area is 191 Å². The quantitative estimate of drug-likeness (QED) is 0.274. The van der Waals surface area contributed by atoms with Gasteiger partial charge in [0.15, 0.2) is 5.65 Å². The number of urea groups is 1. The van der Waals surface area contributed by atoms with Crippen LogP contribution in [0.1, 0.15) is 17.5 Å². The lowest BCUT2D eigenvalue weighted by Crippen LogP contribution is -2.20. The number of pyridine rings is 1. The Hall–Kier alpha value is -4.15. The van der Waals surface area contributed by atoms with Gasteiger partial charge in [-0.05, 0) is 66.9 Å².